The lowest BCUT2D eigenvalue weighted by molar-refractivity contribution is 0.386. The molecular weight excluding hydrogens is 258 g/mol. The summed E-state index contributed by atoms with van der Waals surface area (Å²) in [6.07, 6.45) is 0. The third kappa shape index (κ3) is 2.12. The van der Waals surface area contributed by atoms with Crippen molar-refractivity contribution in [3.8, 4) is 11.5 Å². The lowest BCUT2D eigenvalue weighted by atomic mass is 10.1. The highest BCUT2D eigenvalue weighted by molar-refractivity contribution is 8.00. The highest BCUT2D eigenvalue weighted by Gasteiger charge is 2.27. The Morgan fingerprint density at radius 3 is 2.26 bits per heavy atom. The minimum absolute atomic E-state index is 0.114. The molecule has 1 atom stereocenters. The van der Waals surface area contributed by atoms with Crippen LogP contribution in [0.2, 0.25) is 0 Å². The van der Waals surface area contributed by atoms with Gasteiger partial charge >= 0.3 is 0 Å². The van der Waals surface area contributed by atoms with E-state index in [9.17, 15) is 0 Å². The Bertz CT molecular complexity index is 553. The molecule has 3 rings (SSSR count). The van der Waals surface area contributed by atoms with Crippen LogP contribution in [0.4, 0.5) is 5.69 Å². The lowest BCUT2D eigenvalue weighted by Gasteiger charge is -2.18. The molecule has 1 unspecified atom stereocenters. The molecule has 0 bridgehead atoms. The molecule has 0 spiro atoms. The van der Waals surface area contributed by atoms with E-state index in [-0.39, 0.29) is 5.37 Å². The summed E-state index contributed by atoms with van der Waals surface area (Å²) in [6, 6.07) is 14.2. The van der Waals surface area contributed by atoms with Crippen molar-refractivity contribution in [1.29, 1.82) is 0 Å². The summed E-state index contributed by atoms with van der Waals surface area (Å²) in [6.45, 7) is 0. The summed E-state index contributed by atoms with van der Waals surface area (Å²) in [5, 5.41) is 3.62. The molecule has 3 nitrogen and oxygen atoms in total. The van der Waals surface area contributed by atoms with Gasteiger partial charge in [0, 0.05) is 10.6 Å². The van der Waals surface area contributed by atoms with Gasteiger partial charge in [-0.2, -0.15) is 0 Å². The van der Waals surface area contributed by atoms with Crippen molar-refractivity contribution in [2.75, 3.05) is 19.5 Å². The zero-order chi connectivity index (χ0) is 13.2. The third-order valence-corrected chi connectivity index (χ3v) is 4.35. The number of hydrogen-bond acceptors (Lipinski definition) is 4. The van der Waals surface area contributed by atoms with E-state index in [1.165, 1.54) is 4.90 Å². The van der Waals surface area contributed by atoms with Gasteiger partial charge in [0.2, 0.25) is 0 Å². The van der Waals surface area contributed by atoms with Crippen molar-refractivity contribution in [2.45, 2.75) is 10.3 Å². The fraction of sp³-hybridized carbons (Fsp3) is 0.200. The van der Waals surface area contributed by atoms with Crippen LogP contribution in [0.5, 0.6) is 11.5 Å². The van der Waals surface area contributed by atoms with Crippen molar-refractivity contribution in [1.82, 2.24) is 0 Å². The summed E-state index contributed by atoms with van der Waals surface area (Å²) >= 11 is 1.78. The number of rotatable bonds is 3. The number of fused-ring (bicyclic) bond motifs is 1. The fourth-order valence-corrected chi connectivity index (χ4v) is 3.46. The Morgan fingerprint density at radius 2 is 1.63 bits per heavy atom. The Balaban J connectivity index is 2.01. The topological polar surface area (TPSA) is 30.5 Å². The smallest absolute Gasteiger partial charge is 0.128 e. The quantitative estimate of drug-likeness (QED) is 0.918. The molecule has 1 heterocycles. The first-order valence-electron chi connectivity index (χ1n) is 6.06. The second-order valence-electron chi connectivity index (χ2n) is 4.21. The monoisotopic (exact) mass is 273 g/mol. The van der Waals surface area contributed by atoms with E-state index in [1.54, 1.807) is 26.0 Å². The van der Waals surface area contributed by atoms with Crippen LogP contribution < -0.4 is 14.8 Å². The van der Waals surface area contributed by atoms with Crippen LogP contribution in [0, 0.1) is 0 Å². The van der Waals surface area contributed by atoms with Crippen LogP contribution >= 0.6 is 11.8 Å². The largest absolute Gasteiger partial charge is 0.496 e. The minimum Gasteiger partial charge on any atom is -0.496 e. The molecule has 2 aromatic carbocycles. The molecule has 0 aromatic heterocycles. The van der Waals surface area contributed by atoms with Crippen LogP contribution in [0.3, 0.4) is 0 Å². The third-order valence-electron chi connectivity index (χ3n) is 3.15. The molecule has 4 heteroatoms. The molecule has 1 N–H and O–H groups in total. The normalized spacial score (nSPS) is 16.6. The van der Waals surface area contributed by atoms with Gasteiger partial charge in [0.25, 0.3) is 0 Å². The number of nitrogens with one attached hydrogen (secondary N) is 1. The molecule has 1 aliphatic rings. The second-order valence-corrected chi connectivity index (χ2v) is 5.36. The molecule has 0 saturated carbocycles. The highest BCUT2D eigenvalue weighted by Crippen LogP contribution is 2.50. The maximum Gasteiger partial charge on any atom is 0.128 e. The Hall–Kier alpha value is -1.81. The van der Waals surface area contributed by atoms with Gasteiger partial charge in [-0.25, -0.2) is 0 Å². The van der Waals surface area contributed by atoms with Gasteiger partial charge < -0.3 is 14.8 Å². The first-order chi connectivity index (χ1) is 9.33. The number of para-hydroxylation sites is 1. The van der Waals surface area contributed by atoms with Crippen LogP contribution in [0.1, 0.15) is 10.9 Å². The SMILES string of the molecule is COc1cccc(OC)c1C1Nc2ccccc2S1. The molecule has 1 aliphatic heterocycles. The summed E-state index contributed by atoms with van der Waals surface area (Å²) in [4.78, 5) is 1.25. The van der Waals surface area contributed by atoms with E-state index < -0.39 is 0 Å². The fourth-order valence-electron chi connectivity index (χ4n) is 2.26. The molecule has 2 aromatic rings. The van der Waals surface area contributed by atoms with E-state index in [0.29, 0.717) is 0 Å². The summed E-state index contributed by atoms with van der Waals surface area (Å²) in [5.74, 6) is 1.69. The van der Waals surface area contributed by atoms with E-state index in [1.807, 2.05) is 24.3 Å². The summed E-state index contributed by atoms with van der Waals surface area (Å²) in [7, 11) is 3.37. The summed E-state index contributed by atoms with van der Waals surface area (Å²) < 4.78 is 10.9. The predicted octanol–water partition coefficient (Wildman–Crippen LogP) is 3.92. The van der Waals surface area contributed by atoms with Gasteiger partial charge in [-0.15, -0.1) is 0 Å². The van der Waals surface area contributed by atoms with Crippen molar-refractivity contribution in [3.05, 3.63) is 48.0 Å². The number of hydrogen-bond donors (Lipinski definition) is 1. The van der Waals surface area contributed by atoms with Crippen molar-refractivity contribution in [3.63, 3.8) is 0 Å². The second kappa shape index (κ2) is 5.05. The Kier molecular flexibility index (Phi) is 3.25. The van der Waals surface area contributed by atoms with Gasteiger partial charge in [0.15, 0.2) is 0 Å². The molecule has 0 amide bonds. The standard InChI is InChI=1S/C15H15NO2S/c1-17-11-7-5-8-12(18-2)14(11)15-16-10-6-3-4-9-13(10)19-15/h3-9,15-16H,1-2H3. The van der Waals surface area contributed by atoms with Gasteiger partial charge in [-0.1, -0.05) is 30.0 Å². The first-order valence-corrected chi connectivity index (χ1v) is 6.94. The van der Waals surface area contributed by atoms with Crippen molar-refractivity contribution < 1.29 is 9.47 Å². The molecule has 0 fully saturated rings. The zero-order valence-corrected chi connectivity index (χ0v) is 11.7. The molecule has 0 saturated heterocycles. The van der Waals surface area contributed by atoms with Crippen molar-refractivity contribution >= 4 is 17.4 Å². The molecule has 0 radical (unpaired) electrons. The summed E-state index contributed by atoms with van der Waals surface area (Å²) in [5.41, 5.74) is 2.21. The number of benzene rings is 2. The van der Waals surface area contributed by atoms with Crippen LogP contribution in [-0.2, 0) is 0 Å². The number of anilines is 1. The van der Waals surface area contributed by atoms with E-state index in [0.717, 1.165) is 22.7 Å². The number of thioether (sulfide) groups is 1. The average Bonchev–Trinajstić information content (AvgIpc) is 2.89. The molecule has 98 valence electrons. The number of methoxy groups -OCH3 is 2. The zero-order valence-electron chi connectivity index (χ0n) is 10.8. The molecule has 0 aliphatic carbocycles. The number of ether oxygens (including phenoxy) is 2. The highest BCUT2D eigenvalue weighted by atomic mass is 32.2. The van der Waals surface area contributed by atoms with Gasteiger partial charge in [0.05, 0.1) is 19.8 Å². The molecular formula is C15H15NO2S. The van der Waals surface area contributed by atoms with E-state index in [4.69, 9.17) is 9.47 Å². The first kappa shape index (κ1) is 12.2. The van der Waals surface area contributed by atoms with Crippen LogP contribution in [0.15, 0.2) is 47.4 Å². The van der Waals surface area contributed by atoms with Crippen molar-refractivity contribution in [2.24, 2.45) is 0 Å². The van der Waals surface area contributed by atoms with Crippen LogP contribution in [0.25, 0.3) is 0 Å². The average molecular weight is 273 g/mol. The maximum absolute atomic E-state index is 5.47. The molecule has 19 heavy (non-hydrogen) atoms. The van der Waals surface area contributed by atoms with Gasteiger partial charge in [0.1, 0.15) is 16.9 Å². The lowest BCUT2D eigenvalue weighted by Crippen LogP contribution is -2.05. The Morgan fingerprint density at radius 1 is 0.947 bits per heavy atom. The van der Waals surface area contributed by atoms with Gasteiger partial charge in [-0.3, -0.25) is 0 Å². The van der Waals surface area contributed by atoms with E-state index >= 15 is 0 Å². The van der Waals surface area contributed by atoms with E-state index in [2.05, 4.69) is 23.5 Å². The predicted molar refractivity (Wildman–Crippen MR) is 78.2 cm³/mol. The maximum atomic E-state index is 5.47. The van der Waals surface area contributed by atoms with Gasteiger partial charge in [-0.05, 0) is 24.3 Å². The minimum atomic E-state index is 0.114. The van der Waals surface area contributed by atoms with Crippen LogP contribution in [-0.4, -0.2) is 14.2 Å². The Labute approximate surface area is 116 Å².